The number of benzene rings is 1. The lowest BCUT2D eigenvalue weighted by Crippen LogP contribution is -2.38. The summed E-state index contributed by atoms with van der Waals surface area (Å²) < 4.78 is 0. The van der Waals surface area contributed by atoms with Crippen molar-refractivity contribution in [3.8, 4) is 0 Å². The zero-order chi connectivity index (χ0) is 13.5. The van der Waals surface area contributed by atoms with Crippen molar-refractivity contribution < 1.29 is 9.59 Å². The number of likely N-dealkylation sites (N-methyl/N-ethyl adjacent to an activating group) is 1. The van der Waals surface area contributed by atoms with Crippen LogP contribution in [0.3, 0.4) is 0 Å². The summed E-state index contributed by atoms with van der Waals surface area (Å²) in [5.41, 5.74) is 0.981. The minimum atomic E-state index is -0.193. The molecule has 0 aromatic heterocycles. The molecule has 0 radical (unpaired) electrons. The normalized spacial score (nSPS) is 11.7. The van der Waals surface area contributed by atoms with Gasteiger partial charge in [0, 0.05) is 14.1 Å². The van der Waals surface area contributed by atoms with Crippen molar-refractivity contribution in [3.05, 3.63) is 35.9 Å². The number of amides is 2. The topological polar surface area (TPSA) is 49.4 Å². The molecule has 0 unspecified atom stereocenters. The quantitative estimate of drug-likeness (QED) is 0.856. The van der Waals surface area contributed by atoms with E-state index < -0.39 is 0 Å². The van der Waals surface area contributed by atoms with Gasteiger partial charge in [0.1, 0.15) is 0 Å². The molecule has 1 aromatic rings. The zero-order valence-electron chi connectivity index (χ0n) is 11.1. The predicted octanol–water partition coefficient (Wildman–Crippen LogP) is 1.38. The molecule has 0 bridgehead atoms. The van der Waals surface area contributed by atoms with Crippen LogP contribution in [0.4, 0.5) is 0 Å². The van der Waals surface area contributed by atoms with Crippen LogP contribution < -0.4 is 5.32 Å². The Kier molecular flexibility index (Phi) is 5.36. The van der Waals surface area contributed by atoms with E-state index in [9.17, 15) is 9.59 Å². The molecular weight excluding hydrogens is 228 g/mol. The molecule has 1 aromatic carbocycles. The molecule has 0 heterocycles. The van der Waals surface area contributed by atoms with E-state index in [4.69, 9.17) is 0 Å². The maximum Gasteiger partial charge on any atom is 0.241 e. The summed E-state index contributed by atoms with van der Waals surface area (Å²) in [5, 5.41) is 2.68. The highest BCUT2D eigenvalue weighted by Gasteiger charge is 2.18. The van der Waals surface area contributed by atoms with Gasteiger partial charge in [0.05, 0.1) is 12.5 Å². The SMILES string of the molecule is CC[C@H](C(=O)NCC(=O)N(C)C)c1ccccc1. The van der Waals surface area contributed by atoms with Crippen molar-refractivity contribution >= 4 is 11.8 Å². The molecule has 1 rings (SSSR count). The fourth-order valence-corrected chi connectivity index (χ4v) is 1.70. The first kappa shape index (κ1) is 14.2. The van der Waals surface area contributed by atoms with Crippen molar-refractivity contribution in [3.63, 3.8) is 0 Å². The fourth-order valence-electron chi connectivity index (χ4n) is 1.70. The minimum absolute atomic E-state index is 0.0508. The Morgan fingerprint density at radius 3 is 2.33 bits per heavy atom. The van der Waals surface area contributed by atoms with E-state index in [1.807, 2.05) is 37.3 Å². The summed E-state index contributed by atoms with van der Waals surface area (Å²) in [6.45, 7) is 2.01. The lowest BCUT2D eigenvalue weighted by atomic mass is 9.96. The van der Waals surface area contributed by atoms with Gasteiger partial charge in [0.15, 0.2) is 0 Å². The molecule has 4 heteroatoms. The van der Waals surface area contributed by atoms with Crippen LogP contribution in [0.5, 0.6) is 0 Å². The first-order valence-electron chi connectivity index (χ1n) is 6.09. The van der Waals surface area contributed by atoms with Crippen molar-refractivity contribution in [2.45, 2.75) is 19.3 Å². The molecule has 0 spiro atoms. The Bertz CT molecular complexity index is 402. The van der Waals surface area contributed by atoms with E-state index in [1.165, 1.54) is 4.90 Å². The molecule has 0 aliphatic rings. The van der Waals surface area contributed by atoms with Gasteiger partial charge in [-0.15, -0.1) is 0 Å². The molecule has 18 heavy (non-hydrogen) atoms. The summed E-state index contributed by atoms with van der Waals surface area (Å²) in [6, 6.07) is 9.61. The van der Waals surface area contributed by atoms with Gasteiger partial charge in [0.2, 0.25) is 11.8 Å². The van der Waals surface area contributed by atoms with Gasteiger partial charge in [0.25, 0.3) is 0 Å². The van der Waals surface area contributed by atoms with Gasteiger partial charge in [-0.1, -0.05) is 37.3 Å². The highest BCUT2D eigenvalue weighted by molar-refractivity contribution is 5.88. The van der Waals surface area contributed by atoms with Crippen LogP contribution >= 0.6 is 0 Å². The summed E-state index contributed by atoms with van der Waals surface area (Å²) in [7, 11) is 3.34. The second kappa shape index (κ2) is 6.79. The first-order valence-corrected chi connectivity index (χ1v) is 6.09. The van der Waals surface area contributed by atoms with Crippen LogP contribution in [0, 0.1) is 0 Å². The van der Waals surface area contributed by atoms with Crippen LogP contribution in [-0.4, -0.2) is 37.4 Å². The smallest absolute Gasteiger partial charge is 0.241 e. The number of carbonyl (C=O) groups is 2. The molecule has 4 nitrogen and oxygen atoms in total. The van der Waals surface area contributed by atoms with Crippen LogP contribution in [-0.2, 0) is 9.59 Å². The minimum Gasteiger partial charge on any atom is -0.347 e. The maximum absolute atomic E-state index is 12.0. The third-order valence-electron chi connectivity index (χ3n) is 2.84. The fraction of sp³-hybridized carbons (Fsp3) is 0.429. The molecular formula is C14H20N2O2. The van der Waals surface area contributed by atoms with E-state index in [2.05, 4.69) is 5.32 Å². The number of carbonyl (C=O) groups excluding carboxylic acids is 2. The summed E-state index contributed by atoms with van der Waals surface area (Å²) in [5.74, 6) is -0.397. The molecule has 1 atom stereocenters. The van der Waals surface area contributed by atoms with E-state index in [0.717, 1.165) is 5.56 Å². The summed E-state index contributed by atoms with van der Waals surface area (Å²) >= 11 is 0. The molecule has 0 fully saturated rings. The van der Waals surface area contributed by atoms with Gasteiger partial charge in [-0.25, -0.2) is 0 Å². The zero-order valence-corrected chi connectivity index (χ0v) is 11.1. The van der Waals surface area contributed by atoms with Gasteiger partial charge >= 0.3 is 0 Å². The van der Waals surface area contributed by atoms with Crippen molar-refractivity contribution in [2.24, 2.45) is 0 Å². The molecule has 0 saturated carbocycles. The van der Waals surface area contributed by atoms with Crippen LogP contribution in [0.15, 0.2) is 30.3 Å². The molecule has 2 amide bonds. The standard InChI is InChI=1S/C14H20N2O2/c1-4-12(11-8-6-5-7-9-11)14(18)15-10-13(17)16(2)3/h5-9,12H,4,10H2,1-3H3,(H,15,18)/t12-/m0/s1. The number of nitrogens with zero attached hydrogens (tertiary/aromatic N) is 1. The Labute approximate surface area is 108 Å². The Morgan fingerprint density at radius 2 is 1.83 bits per heavy atom. The largest absolute Gasteiger partial charge is 0.347 e. The van der Waals surface area contributed by atoms with E-state index in [0.29, 0.717) is 6.42 Å². The van der Waals surface area contributed by atoms with Crippen molar-refractivity contribution in [2.75, 3.05) is 20.6 Å². The van der Waals surface area contributed by atoms with Crippen molar-refractivity contribution in [1.82, 2.24) is 10.2 Å². The third kappa shape index (κ3) is 3.87. The molecule has 98 valence electrons. The van der Waals surface area contributed by atoms with Gasteiger partial charge in [-0.05, 0) is 12.0 Å². The Balaban J connectivity index is 2.61. The van der Waals surface area contributed by atoms with E-state index in [1.54, 1.807) is 14.1 Å². The Morgan fingerprint density at radius 1 is 1.22 bits per heavy atom. The second-order valence-corrected chi connectivity index (χ2v) is 4.38. The van der Waals surface area contributed by atoms with Crippen LogP contribution in [0.1, 0.15) is 24.8 Å². The highest BCUT2D eigenvalue weighted by Crippen LogP contribution is 2.18. The number of nitrogens with one attached hydrogen (secondary N) is 1. The maximum atomic E-state index is 12.0. The molecule has 0 aliphatic carbocycles. The predicted molar refractivity (Wildman–Crippen MR) is 71.2 cm³/mol. The first-order chi connectivity index (χ1) is 8.56. The summed E-state index contributed by atoms with van der Waals surface area (Å²) in [6.07, 6.45) is 0.714. The third-order valence-corrected chi connectivity index (χ3v) is 2.84. The van der Waals surface area contributed by atoms with Gasteiger partial charge in [-0.2, -0.15) is 0 Å². The average molecular weight is 248 g/mol. The van der Waals surface area contributed by atoms with Crippen molar-refractivity contribution in [1.29, 1.82) is 0 Å². The van der Waals surface area contributed by atoms with E-state index >= 15 is 0 Å². The van der Waals surface area contributed by atoms with Gasteiger partial charge < -0.3 is 10.2 Å². The molecule has 0 saturated heterocycles. The number of hydrogen-bond acceptors (Lipinski definition) is 2. The summed E-state index contributed by atoms with van der Waals surface area (Å²) in [4.78, 5) is 24.9. The van der Waals surface area contributed by atoms with Crippen LogP contribution in [0.2, 0.25) is 0 Å². The van der Waals surface area contributed by atoms with Crippen LogP contribution in [0.25, 0.3) is 0 Å². The average Bonchev–Trinajstić information content (AvgIpc) is 2.38. The molecule has 0 aliphatic heterocycles. The Hall–Kier alpha value is -1.84. The lowest BCUT2D eigenvalue weighted by Gasteiger charge is -2.16. The monoisotopic (exact) mass is 248 g/mol. The lowest BCUT2D eigenvalue weighted by molar-refractivity contribution is -0.131. The second-order valence-electron chi connectivity index (χ2n) is 4.38. The highest BCUT2D eigenvalue weighted by atomic mass is 16.2. The number of rotatable bonds is 5. The number of hydrogen-bond donors (Lipinski definition) is 1. The van der Waals surface area contributed by atoms with E-state index in [-0.39, 0.29) is 24.3 Å². The molecule has 1 N–H and O–H groups in total. The van der Waals surface area contributed by atoms with Gasteiger partial charge in [-0.3, -0.25) is 9.59 Å².